The summed E-state index contributed by atoms with van der Waals surface area (Å²) in [6, 6.07) is 0. The molecular weight excluding hydrogens is 392 g/mol. The minimum Gasteiger partial charge on any atom is -0.393 e. The summed E-state index contributed by atoms with van der Waals surface area (Å²) in [7, 11) is 0. The zero-order chi connectivity index (χ0) is 23.7. The van der Waals surface area contributed by atoms with Crippen LogP contribution in [0.3, 0.4) is 0 Å². The van der Waals surface area contributed by atoms with E-state index in [1.165, 1.54) is 38.5 Å². The largest absolute Gasteiger partial charge is 0.393 e. The predicted molar refractivity (Wildman–Crippen MR) is 134 cm³/mol. The lowest BCUT2D eigenvalue weighted by molar-refractivity contribution is -0.0962. The third kappa shape index (κ3) is 3.33. The van der Waals surface area contributed by atoms with Crippen molar-refractivity contribution in [2.24, 2.45) is 39.4 Å². The summed E-state index contributed by atoms with van der Waals surface area (Å²) in [6.07, 6.45) is 11.3. The van der Waals surface area contributed by atoms with Gasteiger partial charge >= 0.3 is 0 Å². The Kier molecular flexibility index (Phi) is 6.11. The fraction of sp³-hybridized carbons (Fsp3) is 0.867. The van der Waals surface area contributed by atoms with Crippen molar-refractivity contribution in [3.63, 3.8) is 0 Å². The Morgan fingerprint density at radius 3 is 2.31 bits per heavy atom. The highest BCUT2D eigenvalue weighted by Crippen LogP contribution is 2.72. The molecule has 8 atom stereocenters. The SMILES string of the molecule is C=C(C)[C@H](O)CC[C@@H](C)[C@@H]1CC[C@]2(C)C3=C(CC[C@@]12C)[C@@]1(C)CC[C@H](O)C(C)(C)[C@H]1CC3. The van der Waals surface area contributed by atoms with Crippen LogP contribution in [0.1, 0.15) is 113 Å². The Morgan fingerprint density at radius 2 is 1.66 bits per heavy atom. The van der Waals surface area contributed by atoms with Crippen molar-refractivity contribution in [1.82, 2.24) is 0 Å². The van der Waals surface area contributed by atoms with Crippen molar-refractivity contribution < 1.29 is 10.2 Å². The molecule has 0 saturated heterocycles. The van der Waals surface area contributed by atoms with E-state index in [1.54, 1.807) is 5.57 Å². The van der Waals surface area contributed by atoms with Gasteiger partial charge in [0.2, 0.25) is 0 Å². The average molecular weight is 443 g/mol. The highest BCUT2D eigenvalue weighted by atomic mass is 16.3. The van der Waals surface area contributed by atoms with Gasteiger partial charge in [-0.05, 0) is 111 Å². The normalized spacial score (nSPS) is 45.0. The van der Waals surface area contributed by atoms with E-state index in [-0.39, 0.29) is 23.0 Å². The molecule has 0 amide bonds. The van der Waals surface area contributed by atoms with Crippen LogP contribution < -0.4 is 0 Å². The van der Waals surface area contributed by atoms with Gasteiger partial charge in [-0.1, -0.05) is 64.8 Å². The number of fused-ring (bicyclic) bond motifs is 4. The minimum absolute atomic E-state index is 0.0179. The van der Waals surface area contributed by atoms with Gasteiger partial charge in [-0.15, -0.1) is 0 Å². The predicted octanol–water partition coefficient (Wildman–Crippen LogP) is 7.45. The van der Waals surface area contributed by atoms with Crippen molar-refractivity contribution in [2.45, 2.75) is 125 Å². The summed E-state index contributed by atoms with van der Waals surface area (Å²) in [6.45, 7) is 20.8. The maximum Gasteiger partial charge on any atom is 0.0744 e. The van der Waals surface area contributed by atoms with Gasteiger partial charge in [0.05, 0.1) is 12.2 Å². The van der Waals surface area contributed by atoms with Gasteiger partial charge in [-0.25, -0.2) is 0 Å². The maximum atomic E-state index is 10.8. The van der Waals surface area contributed by atoms with Crippen LogP contribution in [0, 0.1) is 39.4 Å². The molecule has 2 nitrogen and oxygen atoms in total. The second-order valence-electron chi connectivity index (χ2n) is 13.7. The number of hydrogen-bond acceptors (Lipinski definition) is 2. The average Bonchev–Trinajstić information content (AvgIpc) is 3.00. The second-order valence-corrected chi connectivity index (χ2v) is 13.7. The molecule has 2 saturated carbocycles. The Labute approximate surface area is 198 Å². The monoisotopic (exact) mass is 442 g/mol. The Bertz CT molecular complexity index is 793. The van der Waals surface area contributed by atoms with Crippen LogP contribution in [0.2, 0.25) is 0 Å². The van der Waals surface area contributed by atoms with Crippen LogP contribution in [0.5, 0.6) is 0 Å². The molecule has 2 fully saturated rings. The molecule has 0 bridgehead atoms. The molecule has 0 aromatic carbocycles. The lowest BCUT2D eigenvalue weighted by Gasteiger charge is -2.62. The van der Waals surface area contributed by atoms with Crippen LogP contribution in [-0.2, 0) is 0 Å². The molecule has 4 rings (SSSR count). The van der Waals surface area contributed by atoms with Gasteiger partial charge in [-0.3, -0.25) is 0 Å². The van der Waals surface area contributed by atoms with Crippen LogP contribution in [0.15, 0.2) is 23.3 Å². The fourth-order valence-electron chi connectivity index (χ4n) is 9.50. The molecule has 0 aromatic heterocycles. The van der Waals surface area contributed by atoms with Gasteiger partial charge in [0, 0.05) is 0 Å². The molecule has 4 aliphatic rings. The molecule has 2 N–H and O–H groups in total. The van der Waals surface area contributed by atoms with Crippen LogP contribution in [0.25, 0.3) is 0 Å². The summed E-state index contributed by atoms with van der Waals surface area (Å²) in [5.74, 6) is 1.99. The van der Waals surface area contributed by atoms with E-state index in [2.05, 4.69) is 48.1 Å². The number of allylic oxidation sites excluding steroid dienone is 2. The summed E-state index contributed by atoms with van der Waals surface area (Å²) in [4.78, 5) is 0. The number of rotatable bonds is 5. The third-order valence-corrected chi connectivity index (χ3v) is 11.9. The van der Waals surface area contributed by atoms with Crippen LogP contribution in [-0.4, -0.2) is 22.4 Å². The maximum absolute atomic E-state index is 10.8. The lowest BCUT2D eigenvalue weighted by Crippen LogP contribution is -2.55. The van der Waals surface area contributed by atoms with E-state index in [1.807, 2.05) is 12.5 Å². The smallest absolute Gasteiger partial charge is 0.0744 e. The van der Waals surface area contributed by atoms with Crippen LogP contribution in [0.4, 0.5) is 0 Å². The van der Waals surface area contributed by atoms with E-state index in [4.69, 9.17) is 0 Å². The highest BCUT2D eigenvalue weighted by molar-refractivity contribution is 5.38. The van der Waals surface area contributed by atoms with Gasteiger partial charge in [-0.2, -0.15) is 0 Å². The zero-order valence-electron chi connectivity index (χ0n) is 22.1. The first-order valence-electron chi connectivity index (χ1n) is 13.5. The lowest BCUT2D eigenvalue weighted by atomic mass is 9.43. The van der Waals surface area contributed by atoms with E-state index in [0.29, 0.717) is 22.7 Å². The van der Waals surface area contributed by atoms with Gasteiger partial charge in [0.25, 0.3) is 0 Å². The summed E-state index contributed by atoms with van der Waals surface area (Å²) in [5, 5.41) is 21.1. The second kappa shape index (κ2) is 7.98. The van der Waals surface area contributed by atoms with E-state index < -0.39 is 0 Å². The van der Waals surface area contributed by atoms with E-state index in [0.717, 1.165) is 37.2 Å². The zero-order valence-corrected chi connectivity index (χ0v) is 22.1. The van der Waals surface area contributed by atoms with Crippen molar-refractivity contribution in [1.29, 1.82) is 0 Å². The van der Waals surface area contributed by atoms with Crippen molar-refractivity contribution in [3.05, 3.63) is 23.3 Å². The Hall–Kier alpha value is -0.600. The topological polar surface area (TPSA) is 40.5 Å². The van der Waals surface area contributed by atoms with Crippen molar-refractivity contribution >= 4 is 0 Å². The van der Waals surface area contributed by atoms with Crippen LogP contribution >= 0.6 is 0 Å². The summed E-state index contributed by atoms with van der Waals surface area (Å²) < 4.78 is 0. The van der Waals surface area contributed by atoms with Gasteiger partial charge in [0.15, 0.2) is 0 Å². The van der Waals surface area contributed by atoms with Crippen molar-refractivity contribution in [2.75, 3.05) is 0 Å². The number of aliphatic hydroxyl groups is 2. The van der Waals surface area contributed by atoms with Gasteiger partial charge < -0.3 is 10.2 Å². The minimum atomic E-state index is -0.348. The molecule has 32 heavy (non-hydrogen) atoms. The molecule has 0 radical (unpaired) electrons. The first-order valence-corrected chi connectivity index (χ1v) is 13.5. The molecule has 0 heterocycles. The third-order valence-electron chi connectivity index (χ3n) is 11.9. The standard InChI is InChI=1S/C30H50O2/c1-19(2)24(31)11-9-20(3)21-13-17-30(8)23-10-12-25-27(4,5)26(32)15-16-28(25,6)22(23)14-18-29(21,30)7/h20-21,24-26,31-32H,1,9-18H2,2-8H3/t20-,21+,24-,25-,26+,28-,29+,30-/m1/s1. The molecule has 0 spiro atoms. The van der Waals surface area contributed by atoms with E-state index in [9.17, 15) is 10.2 Å². The van der Waals surface area contributed by atoms with Crippen molar-refractivity contribution in [3.8, 4) is 0 Å². The first-order chi connectivity index (χ1) is 14.8. The molecule has 4 aliphatic carbocycles. The summed E-state index contributed by atoms with van der Waals surface area (Å²) in [5.41, 5.74) is 5.51. The molecule has 182 valence electrons. The Morgan fingerprint density at radius 1 is 0.969 bits per heavy atom. The molecule has 2 heteroatoms. The fourth-order valence-corrected chi connectivity index (χ4v) is 9.50. The number of hydrogen-bond donors (Lipinski definition) is 2. The summed E-state index contributed by atoms with van der Waals surface area (Å²) >= 11 is 0. The van der Waals surface area contributed by atoms with E-state index >= 15 is 0 Å². The molecule has 0 aliphatic heterocycles. The van der Waals surface area contributed by atoms with Gasteiger partial charge in [0.1, 0.15) is 0 Å². The first kappa shape index (κ1) is 24.5. The molecular formula is C30H50O2. The molecule has 0 aromatic rings. The highest BCUT2D eigenvalue weighted by Gasteiger charge is 2.63. The quantitative estimate of drug-likeness (QED) is 0.434. The number of aliphatic hydroxyl groups excluding tert-OH is 2. The Balaban J connectivity index is 1.62. The molecule has 0 unspecified atom stereocenters.